The van der Waals surface area contributed by atoms with Crippen LogP contribution in [0.15, 0.2) is 27.6 Å². The first-order valence-electron chi connectivity index (χ1n) is 6.87. The lowest BCUT2D eigenvalue weighted by molar-refractivity contribution is 0.197. The molecule has 1 aliphatic rings. The molecule has 2 rings (SSSR count). The highest BCUT2D eigenvalue weighted by atomic mass is 79.9. The van der Waals surface area contributed by atoms with Crippen molar-refractivity contribution in [2.24, 2.45) is 0 Å². The van der Waals surface area contributed by atoms with Crippen LogP contribution in [0, 0.1) is 0 Å². The smallest absolute Gasteiger partial charge is 0.244 e. The van der Waals surface area contributed by atoms with Gasteiger partial charge in [-0.3, -0.25) is 0 Å². The van der Waals surface area contributed by atoms with Crippen LogP contribution in [-0.4, -0.2) is 50.8 Å². The van der Waals surface area contributed by atoms with Crippen LogP contribution >= 0.6 is 27.5 Å². The summed E-state index contributed by atoms with van der Waals surface area (Å²) < 4.78 is 27.8. The lowest BCUT2D eigenvalue weighted by Gasteiger charge is -2.34. The molecule has 0 N–H and O–H groups in total. The number of sulfonamides is 1. The van der Waals surface area contributed by atoms with Gasteiger partial charge in [-0.05, 0) is 66.6 Å². The summed E-state index contributed by atoms with van der Waals surface area (Å²) >= 11 is 9.16. The van der Waals surface area contributed by atoms with Crippen molar-refractivity contribution in [3.05, 3.63) is 28.2 Å². The van der Waals surface area contributed by atoms with E-state index in [0.717, 1.165) is 31.5 Å². The van der Waals surface area contributed by atoms with E-state index in [4.69, 9.17) is 11.6 Å². The third kappa shape index (κ3) is 3.79. The summed E-state index contributed by atoms with van der Waals surface area (Å²) in [7, 11) is 0.222. The van der Waals surface area contributed by atoms with Crippen LogP contribution in [0.5, 0.6) is 0 Å². The highest BCUT2D eigenvalue weighted by Crippen LogP contribution is 2.29. The summed E-state index contributed by atoms with van der Waals surface area (Å²) in [5.74, 6) is 0.299. The first-order valence-corrected chi connectivity index (χ1v) is 9.64. The number of hydrogen-bond donors (Lipinski definition) is 0. The topological polar surface area (TPSA) is 40.6 Å². The Morgan fingerprint density at radius 3 is 2.57 bits per heavy atom. The Balaban J connectivity index is 2.29. The molecule has 0 atom stereocenters. The molecule has 0 saturated carbocycles. The van der Waals surface area contributed by atoms with Crippen molar-refractivity contribution < 1.29 is 8.42 Å². The van der Waals surface area contributed by atoms with Crippen LogP contribution in [-0.2, 0) is 15.9 Å². The third-order valence-corrected chi connectivity index (χ3v) is 7.22. The van der Waals surface area contributed by atoms with Crippen molar-refractivity contribution in [2.45, 2.75) is 29.7 Å². The van der Waals surface area contributed by atoms with E-state index in [1.54, 1.807) is 19.2 Å². The second-order valence-corrected chi connectivity index (χ2v) is 8.54. The molecule has 118 valence electrons. The number of nitrogens with zero attached hydrogens (tertiary/aromatic N) is 2. The van der Waals surface area contributed by atoms with Gasteiger partial charge in [0.1, 0.15) is 0 Å². The van der Waals surface area contributed by atoms with Gasteiger partial charge in [-0.2, -0.15) is 4.31 Å². The van der Waals surface area contributed by atoms with E-state index >= 15 is 0 Å². The highest BCUT2D eigenvalue weighted by Gasteiger charge is 2.31. The molecular weight excluding hydrogens is 376 g/mol. The zero-order valence-corrected chi connectivity index (χ0v) is 15.4. The molecule has 1 aliphatic heterocycles. The monoisotopic (exact) mass is 394 g/mol. The molecule has 0 radical (unpaired) electrons. The Morgan fingerprint density at radius 1 is 1.38 bits per heavy atom. The average molecular weight is 396 g/mol. The van der Waals surface area contributed by atoms with Crippen molar-refractivity contribution in [2.75, 3.05) is 27.2 Å². The van der Waals surface area contributed by atoms with Crippen LogP contribution in [0.1, 0.15) is 18.4 Å². The predicted octanol–water partition coefficient (Wildman–Crippen LogP) is 2.90. The van der Waals surface area contributed by atoms with Crippen LogP contribution in [0.25, 0.3) is 0 Å². The Labute approximate surface area is 140 Å². The maximum Gasteiger partial charge on any atom is 0.244 e. The van der Waals surface area contributed by atoms with E-state index in [0.29, 0.717) is 15.2 Å². The maximum atomic E-state index is 12.8. The van der Waals surface area contributed by atoms with Gasteiger partial charge in [0.05, 0.1) is 4.90 Å². The van der Waals surface area contributed by atoms with Crippen molar-refractivity contribution in [1.29, 1.82) is 0 Å². The number of alkyl halides is 1. The van der Waals surface area contributed by atoms with Crippen molar-refractivity contribution >= 4 is 37.6 Å². The zero-order valence-electron chi connectivity index (χ0n) is 12.2. The minimum Gasteiger partial charge on any atom is -0.306 e. The van der Waals surface area contributed by atoms with Crippen LogP contribution in [0.4, 0.5) is 0 Å². The molecular formula is C14H20BrClN2O2S. The number of benzene rings is 1. The van der Waals surface area contributed by atoms with Crippen LogP contribution in [0.3, 0.4) is 0 Å². The molecule has 0 aromatic heterocycles. The van der Waals surface area contributed by atoms with Crippen LogP contribution < -0.4 is 0 Å². The minimum absolute atomic E-state index is 0.0535. The van der Waals surface area contributed by atoms with Gasteiger partial charge in [-0.1, -0.05) is 6.07 Å². The van der Waals surface area contributed by atoms with Crippen molar-refractivity contribution in [3.8, 4) is 0 Å². The second kappa shape index (κ2) is 6.96. The lowest BCUT2D eigenvalue weighted by Crippen LogP contribution is -2.44. The Bertz CT molecular complexity index is 601. The quantitative estimate of drug-likeness (QED) is 0.736. The summed E-state index contributed by atoms with van der Waals surface area (Å²) in [6, 6.07) is 5.27. The Kier molecular flexibility index (Phi) is 5.71. The van der Waals surface area contributed by atoms with Crippen LogP contribution in [0.2, 0.25) is 0 Å². The van der Waals surface area contributed by atoms with Gasteiger partial charge in [0.15, 0.2) is 0 Å². The molecule has 1 heterocycles. The SMILES string of the molecule is CN1CCC(N(C)S(=O)(=O)c2cc(CCl)ccc2Br)CC1. The highest BCUT2D eigenvalue weighted by molar-refractivity contribution is 9.10. The van der Waals surface area contributed by atoms with Gasteiger partial charge in [0.25, 0.3) is 0 Å². The molecule has 1 aromatic carbocycles. The largest absolute Gasteiger partial charge is 0.306 e. The number of piperidine rings is 1. The summed E-state index contributed by atoms with van der Waals surface area (Å²) in [4.78, 5) is 2.52. The third-order valence-electron chi connectivity index (χ3n) is 4.01. The fourth-order valence-electron chi connectivity index (χ4n) is 2.54. The molecule has 21 heavy (non-hydrogen) atoms. The van der Waals surface area contributed by atoms with E-state index in [1.807, 2.05) is 6.07 Å². The normalized spacial score (nSPS) is 18.3. The Morgan fingerprint density at radius 2 is 2.00 bits per heavy atom. The molecule has 0 unspecified atom stereocenters. The molecule has 0 spiro atoms. The molecule has 1 saturated heterocycles. The summed E-state index contributed by atoms with van der Waals surface area (Å²) in [5.41, 5.74) is 0.801. The van der Waals surface area contributed by atoms with E-state index < -0.39 is 10.0 Å². The van der Waals surface area contributed by atoms with E-state index in [1.165, 1.54) is 4.31 Å². The first-order chi connectivity index (χ1) is 9.86. The lowest BCUT2D eigenvalue weighted by atomic mass is 10.1. The van der Waals surface area contributed by atoms with E-state index in [-0.39, 0.29) is 6.04 Å². The molecule has 1 fully saturated rings. The predicted molar refractivity (Wildman–Crippen MR) is 89.2 cm³/mol. The molecule has 0 aliphatic carbocycles. The summed E-state index contributed by atoms with van der Waals surface area (Å²) in [6.07, 6.45) is 1.72. The zero-order chi connectivity index (χ0) is 15.6. The second-order valence-electron chi connectivity index (χ2n) is 5.45. The molecule has 1 aromatic rings. The van der Waals surface area contributed by atoms with Gasteiger partial charge >= 0.3 is 0 Å². The molecule has 0 amide bonds. The number of hydrogen-bond acceptors (Lipinski definition) is 3. The minimum atomic E-state index is -3.51. The first kappa shape index (κ1) is 17.2. The van der Waals surface area contributed by atoms with Gasteiger partial charge in [-0.15, -0.1) is 11.6 Å². The van der Waals surface area contributed by atoms with Crippen molar-refractivity contribution in [3.63, 3.8) is 0 Å². The van der Waals surface area contributed by atoms with Gasteiger partial charge in [-0.25, -0.2) is 8.42 Å². The molecule has 4 nitrogen and oxygen atoms in total. The number of halogens is 2. The van der Waals surface area contributed by atoms with Gasteiger partial charge < -0.3 is 4.90 Å². The number of rotatable bonds is 4. The van der Waals surface area contributed by atoms with Gasteiger partial charge in [0.2, 0.25) is 10.0 Å². The van der Waals surface area contributed by atoms with Crippen molar-refractivity contribution in [1.82, 2.24) is 9.21 Å². The maximum absolute atomic E-state index is 12.8. The molecule has 7 heteroatoms. The average Bonchev–Trinajstić information content (AvgIpc) is 2.47. The molecule has 0 bridgehead atoms. The van der Waals surface area contributed by atoms with Gasteiger partial charge in [0, 0.05) is 23.4 Å². The summed E-state index contributed by atoms with van der Waals surface area (Å²) in [6.45, 7) is 1.85. The fourth-order valence-corrected chi connectivity index (χ4v) is 5.09. The standard InChI is InChI=1S/C14H20BrClN2O2S/c1-17-7-5-12(6-8-17)18(2)21(19,20)14-9-11(10-16)3-4-13(14)15/h3-4,9,12H,5-8,10H2,1-2H3. The number of likely N-dealkylation sites (tertiary alicyclic amines) is 1. The van der Waals surface area contributed by atoms with E-state index in [9.17, 15) is 8.42 Å². The van der Waals surface area contributed by atoms with E-state index in [2.05, 4.69) is 27.9 Å². The fraction of sp³-hybridized carbons (Fsp3) is 0.571. The Hall–Kier alpha value is -0.140. The summed E-state index contributed by atoms with van der Waals surface area (Å²) in [5, 5.41) is 0.